The van der Waals surface area contributed by atoms with Gasteiger partial charge >= 0.3 is 5.97 Å². The molecule has 10 nitrogen and oxygen atoms in total. The van der Waals surface area contributed by atoms with Crippen molar-refractivity contribution in [3.8, 4) is 0 Å². The van der Waals surface area contributed by atoms with Crippen molar-refractivity contribution in [2.24, 2.45) is 0 Å². The summed E-state index contributed by atoms with van der Waals surface area (Å²) >= 11 is 0. The van der Waals surface area contributed by atoms with Gasteiger partial charge in [-0.3, -0.25) is 24.3 Å². The van der Waals surface area contributed by atoms with E-state index < -0.39 is 0 Å². The highest BCUT2D eigenvalue weighted by Crippen LogP contribution is 2.46. The normalized spacial score (nSPS) is 20.1. The molecule has 320 valence electrons. The van der Waals surface area contributed by atoms with Crippen LogP contribution in [0.25, 0.3) is 22.2 Å². The van der Waals surface area contributed by atoms with E-state index in [1.54, 1.807) is 0 Å². The maximum atomic E-state index is 14.9. The van der Waals surface area contributed by atoms with Crippen molar-refractivity contribution in [1.29, 1.82) is 0 Å². The van der Waals surface area contributed by atoms with Gasteiger partial charge in [0.25, 0.3) is 11.8 Å². The number of hydrogen-bond donors (Lipinski definition) is 2. The number of aryl methyl sites for hydroxylation is 1. The molecule has 2 N–H and O–H groups in total. The predicted molar refractivity (Wildman–Crippen MR) is 236 cm³/mol. The lowest BCUT2D eigenvalue weighted by Gasteiger charge is -2.27. The van der Waals surface area contributed by atoms with Crippen LogP contribution in [0.15, 0.2) is 18.2 Å². The molecule has 6 heterocycles. The second kappa shape index (κ2) is 19.8. The minimum Gasteiger partial charge on any atom is -0.466 e. The standard InChI is InChI=1S/C49H69N5O5/c1-10-14-16-18-20-25-58-33(9)43-31(7)38-26-37-30(6)35(21-22-42(55)59-24-12-3)46(52-37)45-47-44(48(56)54(49(45)57)23-19-17-15-11-2)32(8)39(53-47)27-40-34(13-4)29(5)36(50-40)28-41(43)51-38/h26-30,33-35,50,53H,10-25H2,1-9H3/t29-,30+,33-,34-,35+/m1/s1. The molecule has 5 atom stereocenters. The zero-order valence-corrected chi connectivity index (χ0v) is 37.3. The largest absolute Gasteiger partial charge is 0.466 e. The van der Waals surface area contributed by atoms with E-state index in [4.69, 9.17) is 19.4 Å². The zero-order chi connectivity index (χ0) is 42.4. The molecule has 8 bridgehead atoms. The molecule has 2 aromatic heterocycles. The third-order valence-corrected chi connectivity index (χ3v) is 13.2. The van der Waals surface area contributed by atoms with Crippen molar-refractivity contribution in [3.63, 3.8) is 0 Å². The molecule has 0 saturated heterocycles. The molecule has 4 aliphatic rings. The minimum atomic E-state index is -0.330. The topological polar surface area (TPSA) is 130 Å². The number of nitrogens with one attached hydrogen (secondary N) is 2. The molecule has 0 aromatic carbocycles. The zero-order valence-electron chi connectivity index (χ0n) is 37.3. The van der Waals surface area contributed by atoms with Gasteiger partial charge in [-0.15, -0.1) is 0 Å². The van der Waals surface area contributed by atoms with Crippen LogP contribution in [-0.4, -0.2) is 68.5 Å². The van der Waals surface area contributed by atoms with Crippen molar-refractivity contribution < 1.29 is 23.9 Å². The molecule has 4 aliphatic heterocycles. The molecular weight excluding hydrogens is 739 g/mol. The number of fused-ring (bicyclic) bond motifs is 8. The summed E-state index contributed by atoms with van der Waals surface area (Å²) in [5, 5.41) is 0. The van der Waals surface area contributed by atoms with E-state index >= 15 is 0 Å². The van der Waals surface area contributed by atoms with Gasteiger partial charge < -0.3 is 19.4 Å². The maximum absolute atomic E-state index is 14.9. The number of imide groups is 1. The lowest BCUT2D eigenvalue weighted by molar-refractivity contribution is -0.143. The summed E-state index contributed by atoms with van der Waals surface area (Å²) in [5.41, 5.74) is 10.5. The number of ether oxygens (including phenoxy) is 2. The van der Waals surface area contributed by atoms with Crippen LogP contribution in [0.2, 0.25) is 0 Å². The molecule has 0 aliphatic carbocycles. The summed E-state index contributed by atoms with van der Waals surface area (Å²) in [7, 11) is 0. The number of unbranched alkanes of at least 4 members (excludes halogenated alkanes) is 7. The first-order chi connectivity index (χ1) is 28.4. The highest BCUT2D eigenvalue weighted by Gasteiger charge is 2.41. The van der Waals surface area contributed by atoms with Gasteiger partial charge in [0.15, 0.2) is 0 Å². The highest BCUT2D eigenvalue weighted by atomic mass is 16.5. The molecule has 0 fully saturated rings. The first kappa shape index (κ1) is 44.2. The van der Waals surface area contributed by atoms with Gasteiger partial charge in [-0.25, -0.2) is 4.98 Å². The van der Waals surface area contributed by atoms with Crippen molar-refractivity contribution in [3.05, 3.63) is 69.1 Å². The van der Waals surface area contributed by atoms with Crippen LogP contribution in [0, 0.1) is 6.92 Å². The SMILES string of the molecule is CCCCCCCO[C@H](C)C1=C(C)c2cc3nc(c4c5[nH]c(cc6[nH]c(cc1n2)[C@H](C)[C@H]6CC)c(C)c5C(=O)N(CCCCCC)C4=O)[C@@H](CCC(=O)OCCC)[C@@H]3C. The fourth-order valence-corrected chi connectivity index (χ4v) is 9.54. The van der Waals surface area contributed by atoms with E-state index in [1.807, 2.05) is 13.8 Å². The fraction of sp³-hybridized carbons (Fsp3) is 0.612. The fourth-order valence-electron chi connectivity index (χ4n) is 9.54. The van der Waals surface area contributed by atoms with Crippen molar-refractivity contribution in [2.45, 2.75) is 176 Å². The maximum Gasteiger partial charge on any atom is 0.305 e. The molecule has 0 saturated carbocycles. The van der Waals surface area contributed by atoms with Crippen LogP contribution in [0.5, 0.6) is 0 Å². The van der Waals surface area contributed by atoms with Gasteiger partial charge in [-0.2, -0.15) is 0 Å². The minimum absolute atomic E-state index is 0.141. The number of aromatic amines is 2. The average molecular weight is 808 g/mol. The van der Waals surface area contributed by atoms with Crippen LogP contribution in [0.1, 0.15) is 223 Å². The predicted octanol–water partition coefficient (Wildman–Crippen LogP) is 11.7. The van der Waals surface area contributed by atoms with E-state index in [2.05, 4.69) is 76.6 Å². The van der Waals surface area contributed by atoms with Crippen molar-refractivity contribution in [2.75, 3.05) is 19.8 Å². The van der Waals surface area contributed by atoms with Crippen LogP contribution in [-0.2, 0) is 14.3 Å². The van der Waals surface area contributed by atoms with E-state index in [9.17, 15) is 14.4 Å². The van der Waals surface area contributed by atoms with E-state index in [1.165, 1.54) is 24.2 Å². The van der Waals surface area contributed by atoms with Gasteiger partial charge in [0.2, 0.25) is 0 Å². The van der Waals surface area contributed by atoms with E-state index in [0.29, 0.717) is 48.5 Å². The number of allylic oxidation sites excluding steroid dienone is 1. The van der Waals surface area contributed by atoms with Crippen LogP contribution in [0.4, 0.5) is 0 Å². The van der Waals surface area contributed by atoms with Gasteiger partial charge in [-0.1, -0.05) is 86.5 Å². The third-order valence-electron chi connectivity index (χ3n) is 13.2. The lowest BCUT2D eigenvalue weighted by Crippen LogP contribution is -2.41. The Balaban J connectivity index is 1.60. The summed E-state index contributed by atoms with van der Waals surface area (Å²) in [4.78, 5) is 61.8. The Morgan fingerprint density at radius 3 is 2.20 bits per heavy atom. The van der Waals surface area contributed by atoms with Gasteiger partial charge in [-0.05, 0) is 82.2 Å². The molecule has 2 aromatic rings. The van der Waals surface area contributed by atoms with Crippen molar-refractivity contribution in [1.82, 2.24) is 24.8 Å². The Labute approximate surface area is 352 Å². The molecule has 6 rings (SSSR count). The molecule has 0 spiro atoms. The third kappa shape index (κ3) is 9.23. The first-order valence-electron chi connectivity index (χ1n) is 22.9. The monoisotopic (exact) mass is 808 g/mol. The lowest BCUT2D eigenvalue weighted by atomic mass is 9.84. The molecule has 0 radical (unpaired) electrons. The number of aromatic nitrogens is 4. The quantitative estimate of drug-likeness (QED) is 0.0821. The Morgan fingerprint density at radius 1 is 0.780 bits per heavy atom. The number of carbonyl (C=O) groups excluding carboxylic acids is 3. The smallest absolute Gasteiger partial charge is 0.305 e. The number of rotatable bonds is 19. The second-order valence-corrected chi connectivity index (χ2v) is 17.3. The summed E-state index contributed by atoms with van der Waals surface area (Å²) in [5.74, 6) is -0.858. The summed E-state index contributed by atoms with van der Waals surface area (Å²) in [6, 6.07) is 6.42. The van der Waals surface area contributed by atoms with Crippen LogP contribution < -0.4 is 0 Å². The Morgan fingerprint density at radius 2 is 1.49 bits per heavy atom. The molecule has 2 amide bonds. The second-order valence-electron chi connectivity index (χ2n) is 17.3. The number of nitrogens with zero attached hydrogens (tertiary/aromatic N) is 3. The van der Waals surface area contributed by atoms with Crippen LogP contribution in [0.3, 0.4) is 0 Å². The molecule has 0 unspecified atom stereocenters. The first-order valence-corrected chi connectivity index (χ1v) is 22.9. The van der Waals surface area contributed by atoms with Gasteiger partial charge in [0.05, 0.1) is 46.4 Å². The molecular formula is C49H69N5O5. The van der Waals surface area contributed by atoms with Gasteiger partial charge in [0.1, 0.15) is 0 Å². The Bertz CT molecular complexity index is 2110. The summed E-state index contributed by atoms with van der Waals surface area (Å²) < 4.78 is 12.1. The molecule has 10 heteroatoms. The summed E-state index contributed by atoms with van der Waals surface area (Å²) in [6.45, 7) is 20.6. The number of esters is 1. The van der Waals surface area contributed by atoms with E-state index in [0.717, 1.165) is 102 Å². The van der Waals surface area contributed by atoms with Crippen LogP contribution >= 0.6 is 0 Å². The highest BCUT2D eigenvalue weighted by molar-refractivity contribution is 6.23. The van der Waals surface area contributed by atoms with Crippen molar-refractivity contribution >= 4 is 40.0 Å². The number of carbonyl (C=O) groups is 3. The number of amides is 2. The van der Waals surface area contributed by atoms with E-state index in [-0.39, 0.29) is 54.0 Å². The average Bonchev–Trinajstić information content (AvgIpc) is 3.90. The number of hydrogen-bond acceptors (Lipinski definition) is 7. The van der Waals surface area contributed by atoms with Gasteiger partial charge in [0, 0.05) is 71.4 Å². The molecule has 59 heavy (non-hydrogen) atoms. The Hall–Kier alpha value is -4.31. The number of H-pyrrole nitrogens is 2. The summed E-state index contributed by atoms with van der Waals surface area (Å²) in [6.07, 6.45) is 11.8. The Kier molecular flexibility index (Phi) is 14.9.